The number of ether oxygens (including phenoxy) is 1. The first kappa shape index (κ1) is 12.2. The number of hydrogen-bond acceptors (Lipinski definition) is 3. The van der Waals surface area contributed by atoms with E-state index in [0.717, 1.165) is 19.5 Å². The van der Waals surface area contributed by atoms with Gasteiger partial charge >= 0.3 is 0 Å². The molecule has 0 aliphatic carbocycles. The number of nitrogens with zero attached hydrogens (tertiary/aromatic N) is 1. The SMILES string of the molecule is CCOCCC(=O)N1CC[C@@H](NI)C1. The molecule has 0 aromatic rings. The number of likely N-dealkylation sites (tertiary alicyclic amines) is 1. The number of amides is 1. The molecule has 0 spiro atoms. The van der Waals surface area contributed by atoms with Gasteiger partial charge in [0.2, 0.25) is 5.91 Å². The van der Waals surface area contributed by atoms with Crippen molar-refractivity contribution in [2.45, 2.75) is 25.8 Å². The molecule has 1 aliphatic heterocycles. The molecule has 1 rings (SSSR count). The Labute approximate surface area is 98.9 Å². The highest BCUT2D eigenvalue weighted by atomic mass is 127. The minimum atomic E-state index is 0.215. The fraction of sp³-hybridized carbons (Fsp3) is 0.889. The standard InChI is InChI=1S/C9H17IN2O2/c1-2-14-6-4-9(13)12-5-3-8(7-12)11-10/h8,11H,2-7H2,1H3/t8-/m1/s1. The summed E-state index contributed by atoms with van der Waals surface area (Å²) in [6, 6.07) is 0.464. The van der Waals surface area contributed by atoms with Gasteiger partial charge in [-0.25, -0.2) is 0 Å². The van der Waals surface area contributed by atoms with E-state index in [1.165, 1.54) is 0 Å². The Morgan fingerprint density at radius 2 is 2.50 bits per heavy atom. The second-order valence-electron chi connectivity index (χ2n) is 3.38. The zero-order valence-corrected chi connectivity index (χ0v) is 10.6. The Kier molecular flexibility index (Phi) is 5.73. The third-order valence-electron chi connectivity index (χ3n) is 2.36. The predicted molar refractivity (Wildman–Crippen MR) is 63.3 cm³/mol. The van der Waals surface area contributed by atoms with Gasteiger partial charge < -0.3 is 9.64 Å². The second-order valence-corrected chi connectivity index (χ2v) is 4.00. The highest BCUT2D eigenvalue weighted by Crippen LogP contribution is 2.11. The lowest BCUT2D eigenvalue weighted by Crippen LogP contribution is -2.32. The number of nitrogens with one attached hydrogen (secondary N) is 1. The van der Waals surface area contributed by atoms with Crippen molar-refractivity contribution in [3.63, 3.8) is 0 Å². The van der Waals surface area contributed by atoms with Crippen LogP contribution in [-0.2, 0) is 9.53 Å². The monoisotopic (exact) mass is 312 g/mol. The van der Waals surface area contributed by atoms with Crippen LogP contribution in [0.15, 0.2) is 0 Å². The van der Waals surface area contributed by atoms with Gasteiger partial charge in [-0.05, 0) is 13.3 Å². The first-order valence-electron chi connectivity index (χ1n) is 4.99. The molecular weight excluding hydrogens is 295 g/mol. The number of carbonyl (C=O) groups is 1. The average molecular weight is 312 g/mol. The van der Waals surface area contributed by atoms with E-state index in [-0.39, 0.29) is 5.91 Å². The lowest BCUT2D eigenvalue weighted by atomic mass is 10.3. The van der Waals surface area contributed by atoms with Crippen molar-refractivity contribution < 1.29 is 9.53 Å². The third-order valence-corrected chi connectivity index (χ3v) is 3.24. The van der Waals surface area contributed by atoms with Crippen LogP contribution in [0.25, 0.3) is 0 Å². The summed E-state index contributed by atoms with van der Waals surface area (Å²) in [4.78, 5) is 13.5. The van der Waals surface area contributed by atoms with Gasteiger partial charge in [-0.15, -0.1) is 0 Å². The molecule has 1 N–H and O–H groups in total. The van der Waals surface area contributed by atoms with E-state index in [9.17, 15) is 4.79 Å². The maximum absolute atomic E-state index is 11.6. The molecule has 1 atom stereocenters. The molecule has 1 amide bonds. The van der Waals surface area contributed by atoms with Crippen molar-refractivity contribution in [3.8, 4) is 0 Å². The molecule has 5 heteroatoms. The van der Waals surface area contributed by atoms with Crippen LogP contribution in [0.5, 0.6) is 0 Å². The van der Waals surface area contributed by atoms with Crippen LogP contribution in [0, 0.1) is 0 Å². The molecule has 0 saturated carbocycles. The summed E-state index contributed by atoms with van der Waals surface area (Å²) in [7, 11) is 0. The van der Waals surface area contributed by atoms with Crippen molar-refractivity contribution in [2.75, 3.05) is 26.3 Å². The van der Waals surface area contributed by atoms with Crippen LogP contribution in [-0.4, -0.2) is 43.2 Å². The predicted octanol–water partition coefficient (Wildman–Crippen LogP) is 0.954. The highest BCUT2D eigenvalue weighted by Gasteiger charge is 2.24. The van der Waals surface area contributed by atoms with E-state index < -0.39 is 0 Å². The van der Waals surface area contributed by atoms with Crippen LogP contribution in [0.2, 0.25) is 0 Å². The van der Waals surface area contributed by atoms with Crippen molar-refractivity contribution in [1.82, 2.24) is 8.43 Å². The Hall–Kier alpha value is 0.120. The molecule has 0 radical (unpaired) electrons. The van der Waals surface area contributed by atoms with Crippen LogP contribution in [0.4, 0.5) is 0 Å². The van der Waals surface area contributed by atoms with Gasteiger partial charge in [0.25, 0.3) is 0 Å². The molecule has 1 heterocycles. The second kappa shape index (κ2) is 6.58. The maximum atomic E-state index is 11.6. The fourth-order valence-corrected chi connectivity index (χ4v) is 2.05. The zero-order chi connectivity index (χ0) is 10.4. The van der Waals surface area contributed by atoms with E-state index in [0.29, 0.717) is 25.7 Å². The summed E-state index contributed by atoms with van der Waals surface area (Å²) in [6.45, 7) is 4.90. The molecule has 0 aromatic heterocycles. The highest BCUT2D eigenvalue weighted by molar-refractivity contribution is 14.1. The molecule has 1 saturated heterocycles. The number of rotatable bonds is 5. The maximum Gasteiger partial charge on any atom is 0.224 e. The first-order valence-corrected chi connectivity index (χ1v) is 6.07. The van der Waals surface area contributed by atoms with Gasteiger partial charge in [-0.1, -0.05) is 0 Å². The quantitative estimate of drug-likeness (QED) is 0.467. The molecule has 14 heavy (non-hydrogen) atoms. The summed E-state index contributed by atoms with van der Waals surface area (Å²) in [5.74, 6) is 0.215. The first-order chi connectivity index (χ1) is 6.77. The van der Waals surface area contributed by atoms with E-state index in [1.54, 1.807) is 0 Å². The van der Waals surface area contributed by atoms with Gasteiger partial charge in [0.1, 0.15) is 0 Å². The largest absolute Gasteiger partial charge is 0.381 e. The minimum Gasteiger partial charge on any atom is -0.381 e. The number of halogens is 1. The van der Waals surface area contributed by atoms with Crippen molar-refractivity contribution >= 4 is 28.8 Å². The summed E-state index contributed by atoms with van der Waals surface area (Å²) >= 11 is 2.15. The molecule has 0 aromatic carbocycles. The molecule has 82 valence electrons. The molecule has 1 fully saturated rings. The Balaban J connectivity index is 2.18. The molecule has 1 aliphatic rings. The Bertz CT molecular complexity index is 190. The average Bonchev–Trinajstić information content (AvgIpc) is 2.66. The van der Waals surface area contributed by atoms with Crippen molar-refractivity contribution in [1.29, 1.82) is 0 Å². The molecule has 0 unspecified atom stereocenters. The fourth-order valence-electron chi connectivity index (χ4n) is 1.54. The molecule has 0 bridgehead atoms. The molecule has 4 nitrogen and oxygen atoms in total. The van der Waals surface area contributed by atoms with Crippen LogP contribution >= 0.6 is 22.9 Å². The topological polar surface area (TPSA) is 41.6 Å². The Morgan fingerprint density at radius 3 is 3.07 bits per heavy atom. The van der Waals surface area contributed by atoms with Crippen molar-refractivity contribution in [2.24, 2.45) is 0 Å². The van der Waals surface area contributed by atoms with Gasteiger partial charge in [-0.3, -0.25) is 8.32 Å². The van der Waals surface area contributed by atoms with Crippen LogP contribution in [0.1, 0.15) is 19.8 Å². The molecular formula is C9H17IN2O2. The summed E-state index contributed by atoms with van der Waals surface area (Å²) in [5.41, 5.74) is 0. The van der Waals surface area contributed by atoms with E-state index in [4.69, 9.17) is 4.74 Å². The van der Waals surface area contributed by atoms with Gasteiger partial charge in [0.05, 0.1) is 13.0 Å². The van der Waals surface area contributed by atoms with E-state index in [1.807, 2.05) is 11.8 Å². The van der Waals surface area contributed by atoms with Gasteiger partial charge in [0.15, 0.2) is 0 Å². The summed E-state index contributed by atoms with van der Waals surface area (Å²) < 4.78 is 8.31. The van der Waals surface area contributed by atoms with Crippen LogP contribution < -0.4 is 3.53 Å². The van der Waals surface area contributed by atoms with Gasteiger partial charge in [0, 0.05) is 48.6 Å². The number of carbonyl (C=O) groups excluding carboxylic acids is 1. The minimum absolute atomic E-state index is 0.215. The number of hydrogen-bond donors (Lipinski definition) is 1. The van der Waals surface area contributed by atoms with Crippen LogP contribution in [0.3, 0.4) is 0 Å². The van der Waals surface area contributed by atoms with E-state index in [2.05, 4.69) is 26.4 Å². The Morgan fingerprint density at radius 1 is 1.71 bits per heavy atom. The third kappa shape index (κ3) is 3.70. The van der Waals surface area contributed by atoms with E-state index >= 15 is 0 Å². The summed E-state index contributed by atoms with van der Waals surface area (Å²) in [5, 5.41) is 0. The zero-order valence-electron chi connectivity index (χ0n) is 8.46. The lowest BCUT2D eigenvalue weighted by molar-refractivity contribution is -0.131. The smallest absolute Gasteiger partial charge is 0.224 e. The van der Waals surface area contributed by atoms with Crippen molar-refractivity contribution in [3.05, 3.63) is 0 Å². The summed E-state index contributed by atoms with van der Waals surface area (Å²) in [6.07, 6.45) is 1.57. The normalized spacial score (nSPS) is 21.6. The lowest BCUT2D eigenvalue weighted by Gasteiger charge is -2.15. The van der Waals surface area contributed by atoms with Gasteiger partial charge in [-0.2, -0.15) is 0 Å².